The largest absolute Gasteiger partial charge is 0.346 e. The predicted molar refractivity (Wildman–Crippen MR) is 104 cm³/mol. The summed E-state index contributed by atoms with van der Waals surface area (Å²) < 4.78 is 15.3. The van der Waals surface area contributed by atoms with Gasteiger partial charge in [0.25, 0.3) is 0 Å². The Labute approximate surface area is 161 Å². The first-order valence-corrected chi connectivity index (χ1v) is 9.37. The molecule has 4 aromatic rings. The molecule has 1 aromatic carbocycles. The first-order valence-electron chi connectivity index (χ1n) is 9.37. The average molecular weight is 374 g/mol. The van der Waals surface area contributed by atoms with Gasteiger partial charge in [-0.3, -0.25) is 0 Å². The van der Waals surface area contributed by atoms with E-state index in [1.54, 1.807) is 10.6 Å². The van der Waals surface area contributed by atoms with Crippen molar-refractivity contribution in [2.75, 3.05) is 11.4 Å². The van der Waals surface area contributed by atoms with E-state index in [1.807, 2.05) is 43.5 Å². The van der Waals surface area contributed by atoms with Crippen LogP contribution < -0.4 is 4.90 Å². The van der Waals surface area contributed by atoms with Crippen LogP contribution in [0.25, 0.3) is 16.6 Å². The molecule has 0 N–H and O–H groups in total. The highest BCUT2D eigenvalue weighted by atomic mass is 19.1. The molecule has 0 spiro atoms. The molecular formula is C21H19FN6. The van der Waals surface area contributed by atoms with Gasteiger partial charge < -0.3 is 4.90 Å². The number of benzene rings is 1. The molecule has 0 unspecified atom stereocenters. The van der Waals surface area contributed by atoms with E-state index in [0.29, 0.717) is 0 Å². The lowest BCUT2D eigenvalue weighted by Crippen LogP contribution is -2.24. The SMILES string of the molecule is Cc1ccc(N2CCC[C@H]2c2nnn3cc(-c4cccc(F)c4)ccc23)nn1. The minimum Gasteiger partial charge on any atom is -0.346 e. The highest BCUT2D eigenvalue weighted by Crippen LogP contribution is 2.36. The molecule has 5 rings (SSSR count). The molecule has 140 valence electrons. The van der Waals surface area contributed by atoms with Crippen LogP contribution in [-0.4, -0.2) is 31.6 Å². The zero-order chi connectivity index (χ0) is 19.1. The van der Waals surface area contributed by atoms with E-state index in [0.717, 1.165) is 53.2 Å². The van der Waals surface area contributed by atoms with Gasteiger partial charge in [0, 0.05) is 18.3 Å². The van der Waals surface area contributed by atoms with Crippen LogP contribution in [0.1, 0.15) is 30.3 Å². The fourth-order valence-electron chi connectivity index (χ4n) is 3.86. The van der Waals surface area contributed by atoms with Gasteiger partial charge in [-0.05, 0) is 55.7 Å². The summed E-state index contributed by atoms with van der Waals surface area (Å²) >= 11 is 0. The normalized spacial score (nSPS) is 16.8. The van der Waals surface area contributed by atoms with E-state index in [-0.39, 0.29) is 11.9 Å². The molecule has 1 atom stereocenters. The molecule has 0 bridgehead atoms. The third kappa shape index (κ3) is 2.89. The molecule has 0 radical (unpaired) electrons. The molecule has 0 saturated carbocycles. The maximum absolute atomic E-state index is 13.6. The molecular weight excluding hydrogens is 355 g/mol. The van der Waals surface area contributed by atoms with Crippen LogP contribution >= 0.6 is 0 Å². The van der Waals surface area contributed by atoms with Gasteiger partial charge in [-0.2, -0.15) is 5.10 Å². The number of pyridine rings is 1. The van der Waals surface area contributed by atoms with Crippen molar-refractivity contribution >= 4 is 11.3 Å². The van der Waals surface area contributed by atoms with Crippen molar-refractivity contribution in [3.05, 3.63) is 71.9 Å². The van der Waals surface area contributed by atoms with Gasteiger partial charge in [-0.15, -0.1) is 10.2 Å². The standard InChI is InChI=1S/C21H19FN6/c1-14-7-10-20(24-23-14)27-11-3-6-18(27)21-19-9-8-16(13-28(19)26-25-21)15-4-2-5-17(22)12-15/h2,4-5,7-10,12-13,18H,3,6,11H2,1H3/t18-/m0/s1. The van der Waals surface area contributed by atoms with Crippen LogP contribution in [0.4, 0.5) is 10.2 Å². The Balaban J connectivity index is 1.51. The Bertz CT molecular complexity index is 1140. The molecule has 1 aliphatic heterocycles. The molecule has 0 aliphatic carbocycles. The second-order valence-electron chi connectivity index (χ2n) is 7.12. The van der Waals surface area contributed by atoms with Crippen molar-refractivity contribution in [2.24, 2.45) is 0 Å². The van der Waals surface area contributed by atoms with Gasteiger partial charge in [0.15, 0.2) is 5.82 Å². The van der Waals surface area contributed by atoms with Gasteiger partial charge in [-0.25, -0.2) is 8.91 Å². The average Bonchev–Trinajstić information content (AvgIpc) is 3.34. The molecule has 1 aliphatic rings. The van der Waals surface area contributed by atoms with Gasteiger partial charge in [0.05, 0.1) is 17.3 Å². The molecule has 28 heavy (non-hydrogen) atoms. The van der Waals surface area contributed by atoms with E-state index < -0.39 is 0 Å². The summed E-state index contributed by atoms with van der Waals surface area (Å²) in [5.41, 5.74) is 4.51. The van der Waals surface area contributed by atoms with Gasteiger partial charge in [0.2, 0.25) is 0 Å². The van der Waals surface area contributed by atoms with Crippen LogP contribution in [0, 0.1) is 12.7 Å². The summed E-state index contributed by atoms with van der Waals surface area (Å²) in [5, 5.41) is 17.3. The predicted octanol–water partition coefficient (Wildman–Crippen LogP) is 3.98. The first kappa shape index (κ1) is 16.8. The van der Waals surface area contributed by atoms with Crippen molar-refractivity contribution in [2.45, 2.75) is 25.8 Å². The summed E-state index contributed by atoms with van der Waals surface area (Å²) in [6, 6.07) is 14.7. The molecule has 1 fully saturated rings. The number of fused-ring (bicyclic) bond motifs is 1. The van der Waals surface area contributed by atoms with Crippen molar-refractivity contribution in [1.29, 1.82) is 0 Å². The fourth-order valence-corrected chi connectivity index (χ4v) is 3.86. The number of anilines is 1. The van der Waals surface area contributed by atoms with Gasteiger partial charge in [0.1, 0.15) is 11.5 Å². The Morgan fingerprint density at radius 3 is 2.75 bits per heavy atom. The molecule has 1 saturated heterocycles. The maximum atomic E-state index is 13.6. The van der Waals surface area contributed by atoms with Crippen molar-refractivity contribution in [1.82, 2.24) is 25.0 Å². The second-order valence-corrected chi connectivity index (χ2v) is 7.12. The van der Waals surface area contributed by atoms with E-state index in [9.17, 15) is 4.39 Å². The topological polar surface area (TPSA) is 59.2 Å². The lowest BCUT2D eigenvalue weighted by atomic mass is 10.1. The van der Waals surface area contributed by atoms with E-state index in [4.69, 9.17) is 0 Å². The minimum absolute atomic E-state index is 0.120. The van der Waals surface area contributed by atoms with Crippen LogP contribution in [-0.2, 0) is 0 Å². The highest BCUT2D eigenvalue weighted by Gasteiger charge is 2.31. The number of hydrogen-bond acceptors (Lipinski definition) is 5. The number of hydrogen-bond donors (Lipinski definition) is 0. The maximum Gasteiger partial charge on any atom is 0.151 e. The quantitative estimate of drug-likeness (QED) is 0.543. The number of aromatic nitrogens is 5. The second kappa shape index (κ2) is 6.67. The lowest BCUT2D eigenvalue weighted by molar-refractivity contribution is 0.628. The van der Waals surface area contributed by atoms with Crippen LogP contribution in [0.2, 0.25) is 0 Å². The monoisotopic (exact) mass is 374 g/mol. The lowest BCUT2D eigenvalue weighted by Gasteiger charge is -2.23. The van der Waals surface area contributed by atoms with E-state index >= 15 is 0 Å². The smallest absolute Gasteiger partial charge is 0.151 e. The summed E-state index contributed by atoms with van der Waals surface area (Å²) in [6.07, 6.45) is 3.96. The number of aryl methyl sites for hydroxylation is 1. The van der Waals surface area contributed by atoms with Gasteiger partial charge >= 0.3 is 0 Å². The number of nitrogens with zero attached hydrogens (tertiary/aromatic N) is 6. The molecule has 7 heteroatoms. The first-order chi connectivity index (χ1) is 13.7. The summed E-state index contributed by atoms with van der Waals surface area (Å²) in [5.74, 6) is 0.614. The Morgan fingerprint density at radius 1 is 1.00 bits per heavy atom. The number of halogens is 1. The molecule has 0 amide bonds. The molecule has 4 heterocycles. The fraction of sp³-hybridized carbons (Fsp3) is 0.238. The third-order valence-electron chi connectivity index (χ3n) is 5.24. The zero-order valence-corrected chi connectivity index (χ0v) is 15.5. The third-order valence-corrected chi connectivity index (χ3v) is 5.24. The highest BCUT2D eigenvalue weighted by molar-refractivity contribution is 5.66. The molecule has 6 nitrogen and oxygen atoms in total. The van der Waals surface area contributed by atoms with Crippen LogP contribution in [0.15, 0.2) is 54.7 Å². The Kier molecular flexibility index (Phi) is 4.00. The Hall–Kier alpha value is -3.35. The van der Waals surface area contributed by atoms with E-state index in [2.05, 4.69) is 25.4 Å². The van der Waals surface area contributed by atoms with Crippen LogP contribution in [0.5, 0.6) is 0 Å². The van der Waals surface area contributed by atoms with Crippen molar-refractivity contribution in [3.8, 4) is 11.1 Å². The van der Waals surface area contributed by atoms with Gasteiger partial charge in [-0.1, -0.05) is 23.4 Å². The summed E-state index contributed by atoms with van der Waals surface area (Å²) in [7, 11) is 0. The zero-order valence-electron chi connectivity index (χ0n) is 15.5. The molecule has 3 aromatic heterocycles. The minimum atomic E-state index is -0.252. The van der Waals surface area contributed by atoms with Crippen molar-refractivity contribution < 1.29 is 4.39 Å². The number of rotatable bonds is 3. The Morgan fingerprint density at radius 2 is 1.93 bits per heavy atom. The van der Waals surface area contributed by atoms with Crippen molar-refractivity contribution in [3.63, 3.8) is 0 Å². The summed E-state index contributed by atoms with van der Waals surface area (Å²) in [4.78, 5) is 2.25. The van der Waals surface area contributed by atoms with Crippen LogP contribution in [0.3, 0.4) is 0 Å². The van der Waals surface area contributed by atoms with E-state index in [1.165, 1.54) is 12.1 Å². The summed E-state index contributed by atoms with van der Waals surface area (Å²) in [6.45, 7) is 2.85.